The fourth-order valence-electron chi connectivity index (χ4n) is 2.61. The molecule has 0 amide bonds. The highest BCUT2D eigenvalue weighted by Crippen LogP contribution is 2.13. The molecule has 0 saturated heterocycles. The van der Waals surface area contributed by atoms with E-state index in [9.17, 15) is 8.42 Å². The average Bonchev–Trinajstić information content (AvgIpc) is 2.49. The molecule has 0 aliphatic carbocycles. The molecule has 1 aromatic carbocycles. The van der Waals surface area contributed by atoms with E-state index in [1.54, 1.807) is 6.07 Å². The quantitative estimate of drug-likeness (QED) is 0.559. The van der Waals surface area contributed by atoms with Crippen molar-refractivity contribution in [3.63, 3.8) is 0 Å². The van der Waals surface area contributed by atoms with E-state index < -0.39 is 10.2 Å². The molecule has 0 aliphatic rings. The van der Waals surface area contributed by atoms with Gasteiger partial charge in [-0.25, -0.2) is 5.14 Å². The number of nitrogens with one attached hydrogen (secondary N) is 1. The smallest absolute Gasteiger partial charge is 0.296 e. The van der Waals surface area contributed by atoms with E-state index >= 15 is 0 Å². The van der Waals surface area contributed by atoms with Crippen molar-refractivity contribution in [3.8, 4) is 0 Å². The molecule has 0 unspecified atom stereocenters. The lowest BCUT2D eigenvalue weighted by Crippen LogP contribution is -2.27. The molecule has 0 radical (unpaired) electrons. The summed E-state index contributed by atoms with van der Waals surface area (Å²) >= 11 is 0. The third-order valence-electron chi connectivity index (χ3n) is 3.93. The second-order valence-electron chi connectivity index (χ2n) is 5.95. The predicted molar refractivity (Wildman–Crippen MR) is 104 cm³/mol. The molecule has 3 N–H and O–H groups in total. The summed E-state index contributed by atoms with van der Waals surface area (Å²) in [7, 11) is -3.71. The van der Waals surface area contributed by atoms with Gasteiger partial charge in [-0.2, -0.15) is 8.42 Å². The lowest BCUT2D eigenvalue weighted by Gasteiger charge is -2.20. The van der Waals surface area contributed by atoms with Gasteiger partial charge in [0.05, 0.1) is 0 Å². The zero-order valence-electron chi connectivity index (χ0n) is 14.4. The minimum atomic E-state index is -3.71. The second kappa shape index (κ2) is 12.3. The van der Waals surface area contributed by atoms with Crippen LogP contribution in [0.4, 0.5) is 5.69 Å². The van der Waals surface area contributed by atoms with E-state index in [4.69, 9.17) is 5.14 Å². The number of unbranched alkanes of at least 4 members (excludes halogenated alkanes) is 4. The highest BCUT2D eigenvalue weighted by atomic mass is 32.2. The van der Waals surface area contributed by atoms with Gasteiger partial charge < -0.3 is 4.90 Å². The Hall–Kier alpha value is -1.11. The molecule has 0 fully saturated rings. The van der Waals surface area contributed by atoms with Crippen LogP contribution in [0.15, 0.2) is 24.3 Å². The maximum atomic E-state index is 11.1. The molecule has 0 bridgehead atoms. The fraction of sp³-hybridized carbons (Fsp3) is 0.667. The number of anilines is 1. The monoisotopic (exact) mass is 357 g/mol. The van der Waals surface area contributed by atoms with E-state index in [1.165, 1.54) is 32.1 Å². The molecule has 0 atom stereocenters. The topological polar surface area (TPSA) is 75.4 Å². The maximum Gasteiger partial charge on any atom is 0.296 e. The van der Waals surface area contributed by atoms with Gasteiger partial charge in [0, 0.05) is 12.2 Å². The van der Waals surface area contributed by atoms with Gasteiger partial charge in [-0.1, -0.05) is 59.1 Å². The number of likely N-dealkylation sites (N-methyl/N-ethyl adjacent to an activating group) is 1. The third kappa shape index (κ3) is 10.6. The highest BCUT2D eigenvalue weighted by molar-refractivity contribution is 7.90. The molecule has 6 heteroatoms. The van der Waals surface area contributed by atoms with Crippen LogP contribution in [-0.2, 0) is 16.6 Å². The molecule has 0 spiro atoms. The molecule has 24 heavy (non-hydrogen) atoms. The first kappa shape index (κ1) is 22.9. The Bertz CT molecular complexity index is 547. The SMILES string of the molecule is C.CCCCCCCN(CC)CCc1cccc(NS(N)(=O)=O)c1. The van der Waals surface area contributed by atoms with Crippen molar-refractivity contribution in [2.45, 2.75) is 59.8 Å². The summed E-state index contributed by atoms with van der Waals surface area (Å²) in [5.41, 5.74) is 1.63. The van der Waals surface area contributed by atoms with Gasteiger partial charge in [-0.05, 0) is 43.6 Å². The minimum Gasteiger partial charge on any atom is -0.303 e. The van der Waals surface area contributed by atoms with Crippen molar-refractivity contribution in [1.82, 2.24) is 4.90 Å². The molecule has 1 aromatic rings. The molecule has 0 aliphatic heterocycles. The lowest BCUT2D eigenvalue weighted by atomic mass is 10.1. The van der Waals surface area contributed by atoms with Crippen LogP contribution in [0.1, 0.15) is 58.9 Å². The number of hydrogen-bond acceptors (Lipinski definition) is 3. The van der Waals surface area contributed by atoms with E-state index in [0.29, 0.717) is 5.69 Å². The number of benzene rings is 1. The van der Waals surface area contributed by atoms with Crippen molar-refractivity contribution >= 4 is 15.9 Å². The van der Waals surface area contributed by atoms with Crippen LogP contribution >= 0.6 is 0 Å². The normalized spacial score (nSPS) is 11.3. The van der Waals surface area contributed by atoms with Gasteiger partial charge in [0.25, 0.3) is 10.2 Å². The predicted octanol–water partition coefficient (Wildman–Crippen LogP) is 3.77. The molecule has 0 aromatic heterocycles. The van der Waals surface area contributed by atoms with Gasteiger partial charge in [0.2, 0.25) is 0 Å². The summed E-state index contributed by atoms with van der Waals surface area (Å²) in [6.45, 7) is 7.59. The van der Waals surface area contributed by atoms with Crippen LogP contribution < -0.4 is 9.86 Å². The largest absolute Gasteiger partial charge is 0.303 e. The van der Waals surface area contributed by atoms with Crippen molar-refractivity contribution < 1.29 is 8.42 Å². The van der Waals surface area contributed by atoms with Crippen molar-refractivity contribution in [2.24, 2.45) is 5.14 Å². The first-order valence-electron chi connectivity index (χ1n) is 8.56. The third-order valence-corrected chi connectivity index (χ3v) is 4.45. The first-order chi connectivity index (χ1) is 10.9. The van der Waals surface area contributed by atoms with Gasteiger partial charge in [0.1, 0.15) is 0 Å². The van der Waals surface area contributed by atoms with Gasteiger partial charge in [-0.15, -0.1) is 0 Å². The molecule has 0 saturated carbocycles. The van der Waals surface area contributed by atoms with Crippen LogP contribution in [0, 0.1) is 0 Å². The molecule has 5 nitrogen and oxygen atoms in total. The van der Waals surface area contributed by atoms with Crippen LogP contribution in [0.2, 0.25) is 0 Å². The van der Waals surface area contributed by atoms with E-state index in [0.717, 1.165) is 31.6 Å². The van der Waals surface area contributed by atoms with Crippen molar-refractivity contribution in [3.05, 3.63) is 29.8 Å². The Morgan fingerprint density at radius 2 is 1.79 bits per heavy atom. The van der Waals surface area contributed by atoms with Crippen LogP contribution in [-0.4, -0.2) is 33.0 Å². The summed E-state index contributed by atoms with van der Waals surface area (Å²) in [5.74, 6) is 0. The van der Waals surface area contributed by atoms with E-state index in [2.05, 4.69) is 23.5 Å². The van der Waals surface area contributed by atoms with Crippen LogP contribution in [0.25, 0.3) is 0 Å². The number of rotatable bonds is 12. The molecular weight excluding hydrogens is 322 g/mol. The van der Waals surface area contributed by atoms with Crippen molar-refractivity contribution in [1.29, 1.82) is 0 Å². The first-order valence-corrected chi connectivity index (χ1v) is 10.1. The summed E-state index contributed by atoms with van der Waals surface area (Å²) in [4.78, 5) is 2.45. The second-order valence-corrected chi connectivity index (χ2v) is 7.24. The van der Waals surface area contributed by atoms with Gasteiger partial charge in [-0.3, -0.25) is 4.72 Å². The van der Waals surface area contributed by atoms with E-state index in [-0.39, 0.29) is 7.43 Å². The number of hydrogen-bond donors (Lipinski definition) is 2. The summed E-state index contributed by atoms with van der Waals surface area (Å²) in [5, 5.41) is 5.00. The Kier molecular flexibility index (Phi) is 11.7. The Morgan fingerprint density at radius 1 is 1.08 bits per heavy atom. The van der Waals surface area contributed by atoms with Crippen molar-refractivity contribution in [2.75, 3.05) is 24.4 Å². The Balaban J connectivity index is 0.00000529. The minimum absolute atomic E-state index is 0. The molecule has 1 rings (SSSR count). The molecule has 140 valence electrons. The Morgan fingerprint density at radius 3 is 2.42 bits per heavy atom. The molecular formula is C18H35N3O2S. The van der Waals surface area contributed by atoms with E-state index in [1.807, 2.05) is 18.2 Å². The Labute approximate surface area is 148 Å². The lowest BCUT2D eigenvalue weighted by molar-refractivity contribution is 0.284. The maximum absolute atomic E-state index is 11.1. The van der Waals surface area contributed by atoms with Crippen LogP contribution in [0.3, 0.4) is 0 Å². The zero-order chi connectivity index (χ0) is 17.1. The summed E-state index contributed by atoms with van der Waals surface area (Å²) in [6, 6.07) is 7.42. The van der Waals surface area contributed by atoms with Gasteiger partial charge in [0.15, 0.2) is 0 Å². The average molecular weight is 358 g/mol. The fourth-order valence-corrected chi connectivity index (χ4v) is 3.06. The summed E-state index contributed by atoms with van der Waals surface area (Å²) < 4.78 is 24.5. The molecule has 0 heterocycles. The summed E-state index contributed by atoms with van der Waals surface area (Å²) in [6.07, 6.45) is 7.40. The number of nitrogens with two attached hydrogens (primary N) is 1. The highest BCUT2D eigenvalue weighted by Gasteiger charge is 2.05. The van der Waals surface area contributed by atoms with Gasteiger partial charge >= 0.3 is 0 Å². The standard InChI is InChI=1S/C17H31N3O2S.CH4/c1-3-5-6-7-8-13-20(4-2)14-12-16-10-9-11-17(15-16)19-23(18,21)22;/h9-11,15,19H,3-8,12-14H2,1-2H3,(H2,18,21,22);1H4. The number of nitrogens with zero attached hydrogens (tertiary/aromatic N) is 1. The zero-order valence-corrected chi connectivity index (χ0v) is 15.2. The van der Waals surface area contributed by atoms with Crippen LogP contribution in [0.5, 0.6) is 0 Å².